The molecule has 0 aliphatic rings. The standard InChI is InChI=1S/C10H21NO3/c1-9(12)8-13-6-4-10(2)14-7-5-11-3/h10-11H,4-8H2,1-3H3. The zero-order chi connectivity index (χ0) is 10.8. The number of ketones is 1. The molecule has 0 saturated carbocycles. The summed E-state index contributed by atoms with van der Waals surface area (Å²) in [6.45, 7) is 5.90. The van der Waals surface area contributed by atoms with Crippen molar-refractivity contribution in [1.29, 1.82) is 0 Å². The molecule has 0 aromatic heterocycles. The Morgan fingerprint density at radius 3 is 2.71 bits per heavy atom. The van der Waals surface area contributed by atoms with Crippen molar-refractivity contribution in [3.8, 4) is 0 Å². The van der Waals surface area contributed by atoms with Crippen molar-refractivity contribution in [2.75, 3.05) is 33.4 Å². The van der Waals surface area contributed by atoms with E-state index in [0.717, 1.165) is 13.0 Å². The zero-order valence-corrected chi connectivity index (χ0v) is 9.34. The molecule has 4 nitrogen and oxygen atoms in total. The van der Waals surface area contributed by atoms with Crippen LogP contribution in [0.1, 0.15) is 20.3 Å². The van der Waals surface area contributed by atoms with E-state index in [2.05, 4.69) is 5.32 Å². The van der Waals surface area contributed by atoms with E-state index >= 15 is 0 Å². The summed E-state index contributed by atoms with van der Waals surface area (Å²) >= 11 is 0. The lowest BCUT2D eigenvalue weighted by Crippen LogP contribution is -2.20. The van der Waals surface area contributed by atoms with E-state index in [4.69, 9.17) is 9.47 Å². The highest BCUT2D eigenvalue weighted by Crippen LogP contribution is 1.97. The van der Waals surface area contributed by atoms with Gasteiger partial charge < -0.3 is 14.8 Å². The first kappa shape index (κ1) is 13.5. The van der Waals surface area contributed by atoms with Crippen LogP contribution in [0.4, 0.5) is 0 Å². The van der Waals surface area contributed by atoms with Gasteiger partial charge >= 0.3 is 0 Å². The molecule has 0 spiro atoms. The van der Waals surface area contributed by atoms with Gasteiger partial charge in [-0.3, -0.25) is 4.79 Å². The van der Waals surface area contributed by atoms with E-state index in [0.29, 0.717) is 13.2 Å². The fourth-order valence-corrected chi connectivity index (χ4v) is 0.911. The third-order valence-corrected chi connectivity index (χ3v) is 1.73. The quantitative estimate of drug-likeness (QED) is 0.558. The number of ether oxygens (including phenoxy) is 2. The third-order valence-electron chi connectivity index (χ3n) is 1.73. The fourth-order valence-electron chi connectivity index (χ4n) is 0.911. The average molecular weight is 203 g/mol. The molecule has 0 bridgehead atoms. The minimum Gasteiger partial charge on any atom is -0.377 e. The average Bonchev–Trinajstić information content (AvgIpc) is 2.13. The third kappa shape index (κ3) is 9.64. The van der Waals surface area contributed by atoms with Crippen molar-refractivity contribution >= 4 is 5.78 Å². The topological polar surface area (TPSA) is 47.6 Å². The molecule has 0 rings (SSSR count). The van der Waals surface area contributed by atoms with Gasteiger partial charge in [0, 0.05) is 13.2 Å². The van der Waals surface area contributed by atoms with Crippen LogP contribution in [0.15, 0.2) is 0 Å². The molecule has 0 amide bonds. The van der Waals surface area contributed by atoms with Crippen molar-refractivity contribution in [3.05, 3.63) is 0 Å². The number of Topliss-reactive ketones (excluding diaryl/α,β-unsaturated/α-hetero) is 1. The number of hydrogen-bond acceptors (Lipinski definition) is 4. The molecule has 1 unspecified atom stereocenters. The molecule has 14 heavy (non-hydrogen) atoms. The Balaban J connectivity index is 3.18. The number of carbonyl (C=O) groups excluding carboxylic acids is 1. The zero-order valence-electron chi connectivity index (χ0n) is 9.34. The molecule has 0 aromatic carbocycles. The lowest BCUT2D eigenvalue weighted by atomic mass is 10.3. The predicted octanol–water partition coefficient (Wildman–Crippen LogP) is 0.607. The predicted molar refractivity (Wildman–Crippen MR) is 55.5 cm³/mol. The Bertz CT molecular complexity index is 150. The van der Waals surface area contributed by atoms with Crippen LogP contribution in [0.5, 0.6) is 0 Å². The van der Waals surface area contributed by atoms with Crippen LogP contribution >= 0.6 is 0 Å². The maximum Gasteiger partial charge on any atom is 0.155 e. The summed E-state index contributed by atoms with van der Waals surface area (Å²) in [6.07, 6.45) is 1.02. The Morgan fingerprint density at radius 2 is 2.14 bits per heavy atom. The normalized spacial score (nSPS) is 12.8. The number of hydrogen-bond donors (Lipinski definition) is 1. The lowest BCUT2D eigenvalue weighted by molar-refractivity contribution is -0.121. The Kier molecular flexibility index (Phi) is 8.83. The lowest BCUT2D eigenvalue weighted by Gasteiger charge is -2.12. The van der Waals surface area contributed by atoms with Crippen LogP contribution in [0.3, 0.4) is 0 Å². The van der Waals surface area contributed by atoms with Gasteiger partial charge in [-0.2, -0.15) is 0 Å². The molecule has 1 N–H and O–H groups in total. The van der Waals surface area contributed by atoms with Gasteiger partial charge in [-0.1, -0.05) is 0 Å². The molecule has 0 saturated heterocycles. The molecular formula is C10H21NO3. The molecule has 84 valence electrons. The second-order valence-electron chi connectivity index (χ2n) is 3.33. The molecule has 4 heteroatoms. The number of likely N-dealkylation sites (N-methyl/N-ethyl adjacent to an activating group) is 1. The summed E-state index contributed by atoms with van der Waals surface area (Å²) in [4.78, 5) is 10.5. The van der Waals surface area contributed by atoms with Crippen LogP contribution in [-0.2, 0) is 14.3 Å². The minimum atomic E-state index is 0.0637. The van der Waals surface area contributed by atoms with Crippen LogP contribution in [0.25, 0.3) is 0 Å². The first-order valence-corrected chi connectivity index (χ1v) is 5.00. The monoisotopic (exact) mass is 203 g/mol. The molecular weight excluding hydrogens is 182 g/mol. The molecule has 0 aromatic rings. The van der Waals surface area contributed by atoms with E-state index in [9.17, 15) is 4.79 Å². The van der Waals surface area contributed by atoms with E-state index in [1.165, 1.54) is 6.92 Å². The van der Waals surface area contributed by atoms with Gasteiger partial charge in [0.1, 0.15) is 6.61 Å². The molecule has 0 aliphatic carbocycles. The number of rotatable bonds is 9. The SMILES string of the molecule is CNCCOC(C)CCOCC(C)=O. The van der Waals surface area contributed by atoms with Gasteiger partial charge in [-0.05, 0) is 27.3 Å². The van der Waals surface area contributed by atoms with Gasteiger partial charge in [-0.15, -0.1) is 0 Å². The van der Waals surface area contributed by atoms with Gasteiger partial charge in [-0.25, -0.2) is 0 Å². The highest BCUT2D eigenvalue weighted by molar-refractivity contribution is 5.76. The summed E-state index contributed by atoms with van der Waals surface area (Å²) in [5.74, 6) is 0.0637. The highest BCUT2D eigenvalue weighted by atomic mass is 16.5. The molecule has 0 fully saturated rings. The van der Waals surface area contributed by atoms with Crippen LogP contribution in [0, 0.1) is 0 Å². The second-order valence-corrected chi connectivity index (χ2v) is 3.33. The summed E-state index contributed by atoms with van der Waals surface area (Å²) in [5, 5.41) is 3.00. The summed E-state index contributed by atoms with van der Waals surface area (Å²) in [6, 6.07) is 0. The molecule has 0 radical (unpaired) electrons. The maximum atomic E-state index is 10.5. The molecule has 0 aliphatic heterocycles. The van der Waals surface area contributed by atoms with Gasteiger partial charge in [0.2, 0.25) is 0 Å². The van der Waals surface area contributed by atoms with Crippen molar-refractivity contribution in [2.45, 2.75) is 26.4 Å². The van der Waals surface area contributed by atoms with Crippen molar-refractivity contribution in [2.24, 2.45) is 0 Å². The first-order valence-electron chi connectivity index (χ1n) is 5.00. The summed E-state index contributed by atoms with van der Waals surface area (Å²) in [7, 11) is 1.89. The van der Waals surface area contributed by atoms with Crippen molar-refractivity contribution < 1.29 is 14.3 Å². The Morgan fingerprint density at radius 1 is 1.43 bits per heavy atom. The molecule has 1 atom stereocenters. The molecule has 0 heterocycles. The number of nitrogens with one attached hydrogen (secondary N) is 1. The Hall–Kier alpha value is -0.450. The van der Waals surface area contributed by atoms with E-state index in [1.807, 2.05) is 14.0 Å². The van der Waals surface area contributed by atoms with Crippen molar-refractivity contribution in [1.82, 2.24) is 5.32 Å². The van der Waals surface area contributed by atoms with E-state index in [1.54, 1.807) is 0 Å². The van der Waals surface area contributed by atoms with E-state index in [-0.39, 0.29) is 18.5 Å². The van der Waals surface area contributed by atoms with Gasteiger partial charge in [0.25, 0.3) is 0 Å². The largest absolute Gasteiger partial charge is 0.377 e. The maximum absolute atomic E-state index is 10.5. The van der Waals surface area contributed by atoms with Gasteiger partial charge in [0.15, 0.2) is 5.78 Å². The van der Waals surface area contributed by atoms with E-state index < -0.39 is 0 Å². The highest BCUT2D eigenvalue weighted by Gasteiger charge is 2.01. The minimum absolute atomic E-state index is 0.0637. The van der Waals surface area contributed by atoms with Crippen LogP contribution in [-0.4, -0.2) is 45.3 Å². The fraction of sp³-hybridized carbons (Fsp3) is 0.900. The second kappa shape index (κ2) is 9.12. The van der Waals surface area contributed by atoms with Gasteiger partial charge in [0.05, 0.1) is 12.7 Å². The summed E-state index contributed by atoms with van der Waals surface area (Å²) in [5.41, 5.74) is 0. The van der Waals surface area contributed by atoms with Crippen molar-refractivity contribution in [3.63, 3.8) is 0 Å². The van der Waals surface area contributed by atoms with Crippen LogP contribution < -0.4 is 5.32 Å². The smallest absolute Gasteiger partial charge is 0.155 e. The first-order chi connectivity index (χ1) is 6.66. The van der Waals surface area contributed by atoms with Crippen LogP contribution in [0.2, 0.25) is 0 Å². The Labute approximate surface area is 86.0 Å². The summed E-state index contributed by atoms with van der Waals surface area (Å²) < 4.78 is 10.6. The number of carbonyl (C=O) groups is 1.